The Hall–Kier alpha value is -0.570. The third kappa shape index (κ3) is 2.97. The molecule has 16 heavy (non-hydrogen) atoms. The van der Waals surface area contributed by atoms with Crippen molar-refractivity contribution in [2.24, 2.45) is 5.92 Å². The van der Waals surface area contributed by atoms with E-state index in [4.69, 9.17) is 4.74 Å². The molecule has 1 aliphatic heterocycles. The van der Waals surface area contributed by atoms with Crippen LogP contribution in [0.4, 0.5) is 0 Å². The second-order valence-electron chi connectivity index (χ2n) is 5.19. The van der Waals surface area contributed by atoms with Gasteiger partial charge in [-0.15, -0.1) is 0 Å². The van der Waals surface area contributed by atoms with Crippen LogP contribution in [0.5, 0.6) is 0 Å². The molecule has 3 nitrogen and oxygen atoms in total. The fourth-order valence-corrected chi connectivity index (χ4v) is 2.41. The van der Waals surface area contributed by atoms with Crippen molar-refractivity contribution in [3.8, 4) is 0 Å². The number of nitrogens with zero attached hydrogens (tertiary/aromatic N) is 1. The topological polar surface area (TPSA) is 29.5 Å². The van der Waals surface area contributed by atoms with E-state index in [9.17, 15) is 4.79 Å². The summed E-state index contributed by atoms with van der Waals surface area (Å²) in [4.78, 5) is 14.1. The molecule has 0 aromatic rings. The first-order valence-corrected chi connectivity index (χ1v) is 6.41. The Morgan fingerprint density at radius 3 is 2.38 bits per heavy atom. The van der Waals surface area contributed by atoms with Crippen LogP contribution in [0.25, 0.3) is 0 Å². The Kier molecular flexibility index (Phi) is 4.78. The second kappa shape index (κ2) is 5.67. The van der Waals surface area contributed by atoms with Crippen LogP contribution in [0.1, 0.15) is 47.0 Å². The number of hydrogen-bond acceptors (Lipinski definition) is 3. The van der Waals surface area contributed by atoms with E-state index in [0.717, 1.165) is 13.1 Å². The Morgan fingerprint density at radius 1 is 1.38 bits per heavy atom. The summed E-state index contributed by atoms with van der Waals surface area (Å²) in [7, 11) is 0. The molecule has 1 saturated heterocycles. The summed E-state index contributed by atoms with van der Waals surface area (Å²) in [5, 5.41) is 0. The van der Waals surface area contributed by atoms with E-state index in [1.807, 2.05) is 6.92 Å². The minimum absolute atomic E-state index is 0.0389. The zero-order valence-electron chi connectivity index (χ0n) is 11.1. The molecular formula is C13H25NO2. The van der Waals surface area contributed by atoms with E-state index >= 15 is 0 Å². The van der Waals surface area contributed by atoms with Gasteiger partial charge in [-0.1, -0.05) is 13.8 Å². The lowest BCUT2D eigenvalue weighted by atomic mass is 9.83. The van der Waals surface area contributed by atoms with Crippen molar-refractivity contribution in [1.82, 2.24) is 4.90 Å². The Labute approximate surface area is 99.1 Å². The van der Waals surface area contributed by atoms with Crippen LogP contribution < -0.4 is 0 Å². The monoisotopic (exact) mass is 227 g/mol. The normalized spacial score (nSPS) is 21.1. The standard InChI is InChI=1S/C13H25NO2/c1-5-16-12(15)10-13(4,11(2)3)14-8-6-7-9-14/h11H,5-10H2,1-4H3. The minimum atomic E-state index is -0.0643. The number of carbonyl (C=O) groups excluding carboxylic acids is 1. The fraction of sp³-hybridized carbons (Fsp3) is 0.923. The summed E-state index contributed by atoms with van der Waals surface area (Å²) in [6, 6.07) is 0. The predicted molar refractivity (Wildman–Crippen MR) is 65.3 cm³/mol. The van der Waals surface area contributed by atoms with Gasteiger partial charge in [0, 0.05) is 5.54 Å². The van der Waals surface area contributed by atoms with Crippen LogP contribution in [0.2, 0.25) is 0 Å². The van der Waals surface area contributed by atoms with Crippen LogP contribution in [-0.2, 0) is 9.53 Å². The molecule has 0 spiro atoms. The first kappa shape index (κ1) is 13.5. The maximum Gasteiger partial charge on any atom is 0.307 e. The van der Waals surface area contributed by atoms with Gasteiger partial charge in [0.05, 0.1) is 13.0 Å². The summed E-state index contributed by atoms with van der Waals surface area (Å²) in [5.74, 6) is 0.403. The number of carbonyl (C=O) groups is 1. The first-order chi connectivity index (χ1) is 7.50. The quantitative estimate of drug-likeness (QED) is 0.676. The van der Waals surface area contributed by atoms with Crippen LogP contribution in [0.15, 0.2) is 0 Å². The number of likely N-dealkylation sites (tertiary alicyclic amines) is 1. The Morgan fingerprint density at radius 2 is 1.94 bits per heavy atom. The SMILES string of the molecule is CCOC(=O)CC(C)(C(C)C)N1CCCC1. The molecule has 1 fully saturated rings. The Bertz CT molecular complexity index is 234. The van der Waals surface area contributed by atoms with Gasteiger partial charge in [0.15, 0.2) is 0 Å². The molecule has 0 aliphatic carbocycles. The minimum Gasteiger partial charge on any atom is -0.466 e. The van der Waals surface area contributed by atoms with E-state index < -0.39 is 0 Å². The highest BCUT2D eigenvalue weighted by Gasteiger charge is 2.38. The largest absolute Gasteiger partial charge is 0.466 e. The van der Waals surface area contributed by atoms with Crippen LogP contribution in [0.3, 0.4) is 0 Å². The third-order valence-corrected chi connectivity index (χ3v) is 3.88. The molecule has 1 aliphatic rings. The van der Waals surface area contributed by atoms with Crippen LogP contribution in [0, 0.1) is 5.92 Å². The average molecular weight is 227 g/mol. The van der Waals surface area contributed by atoms with Crippen molar-refractivity contribution in [2.75, 3.05) is 19.7 Å². The molecule has 0 aromatic carbocycles. The van der Waals surface area contributed by atoms with E-state index in [1.165, 1.54) is 12.8 Å². The highest BCUT2D eigenvalue weighted by Crippen LogP contribution is 2.31. The summed E-state index contributed by atoms with van der Waals surface area (Å²) in [6.07, 6.45) is 3.02. The third-order valence-electron chi connectivity index (χ3n) is 3.88. The van der Waals surface area contributed by atoms with Crippen molar-refractivity contribution >= 4 is 5.97 Å². The number of hydrogen-bond donors (Lipinski definition) is 0. The molecule has 0 saturated carbocycles. The lowest BCUT2D eigenvalue weighted by molar-refractivity contribution is -0.147. The molecule has 0 radical (unpaired) electrons. The van der Waals surface area contributed by atoms with E-state index in [2.05, 4.69) is 25.7 Å². The van der Waals surface area contributed by atoms with Gasteiger partial charge < -0.3 is 4.74 Å². The average Bonchev–Trinajstić information content (AvgIpc) is 2.70. The molecule has 1 atom stereocenters. The van der Waals surface area contributed by atoms with Crippen LogP contribution >= 0.6 is 0 Å². The van der Waals surface area contributed by atoms with Crippen molar-refractivity contribution in [3.63, 3.8) is 0 Å². The van der Waals surface area contributed by atoms with Gasteiger partial charge >= 0.3 is 5.97 Å². The highest BCUT2D eigenvalue weighted by atomic mass is 16.5. The molecular weight excluding hydrogens is 202 g/mol. The number of esters is 1. The van der Waals surface area contributed by atoms with Gasteiger partial charge in [0.1, 0.15) is 0 Å². The summed E-state index contributed by atoms with van der Waals surface area (Å²) in [6.45, 7) is 11.2. The summed E-state index contributed by atoms with van der Waals surface area (Å²) >= 11 is 0. The van der Waals surface area contributed by atoms with E-state index in [-0.39, 0.29) is 11.5 Å². The van der Waals surface area contributed by atoms with Gasteiger partial charge in [-0.2, -0.15) is 0 Å². The predicted octanol–water partition coefficient (Wildman–Crippen LogP) is 2.45. The molecule has 0 N–H and O–H groups in total. The molecule has 0 amide bonds. The lowest BCUT2D eigenvalue weighted by Gasteiger charge is -2.41. The van der Waals surface area contributed by atoms with Gasteiger partial charge in [-0.05, 0) is 45.7 Å². The number of ether oxygens (including phenoxy) is 1. The Balaban J connectivity index is 2.67. The smallest absolute Gasteiger partial charge is 0.307 e. The van der Waals surface area contributed by atoms with Crippen LogP contribution in [-0.4, -0.2) is 36.1 Å². The van der Waals surface area contributed by atoms with Crippen molar-refractivity contribution in [1.29, 1.82) is 0 Å². The lowest BCUT2D eigenvalue weighted by Crippen LogP contribution is -2.50. The maximum absolute atomic E-state index is 11.7. The van der Waals surface area contributed by atoms with Crippen molar-refractivity contribution in [2.45, 2.75) is 52.5 Å². The summed E-state index contributed by atoms with van der Waals surface area (Å²) < 4.78 is 5.08. The zero-order chi connectivity index (χ0) is 12.2. The molecule has 1 rings (SSSR count). The van der Waals surface area contributed by atoms with E-state index in [1.54, 1.807) is 0 Å². The second-order valence-corrected chi connectivity index (χ2v) is 5.19. The van der Waals surface area contributed by atoms with Gasteiger partial charge in [0.2, 0.25) is 0 Å². The highest BCUT2D eigenvalue weighted by molar-refractivity contribution is 5.70. The fourth-order valence-electron chi connectivity index (χ4n) is 2.41. The molecule has 1 heterocycles. The van der Waals surface area contributed by atoms with Gasteiger partial charge in [0.25, 0.3) is 0 Å². The first-order valence-electron chi connectivity index (χ1n) is 6.41. The zero-order valence-corrected chi connectivity index (χ0v) is 11.1. The molecule has 3 heteroatoms. The van der Waals surface area contributed by atoms with E-state index in [0.29, 0.717) is 18.9 Å². The molecule has 0 bridgehead atoms. The number of rotatable bonds is 5. The molecule has 0 aromatic heterocycles. The van der Waals surface area contributed by atoms with Crippen molar-refractivity contribution in [3.05, 3.63) is 0 Å². The molecule has 94 valence electrons. The maximum atomic E-state index is 11.7. The van der Waals surface area contributed by atoms with Crippen molar-refractivity contribution < 1.29 is 9.53 Å². The van der Waals surface area contributed by atoms with Gasteiger partial charge in [-0.3, -0.25) is 9.69 Å². The summed E-state index contributed by atoms with van der Waals surface area (Å²) in [5.41, 5.74) is -0.0389. The van der Waals surface area contributed by atoms with Gasteiger partial charge in [-0.25, -0.2) is 0 Å². The molecule has 1 unspecified atom stereocenters.